The highest BCUT2D eigenvalue weighted by atomic mass is 35.5. The Morgan fingerprint density at radius 3 is 2.65 bits per heavy atom. The molecule has 1 amide bonds. The van der Waals surface area contributed by atoms with Crippen molar-refractivity contribution in [2.75, 3.05) is 12.1 Å². The Labute approximate surface area is 151 Å². The van der Waals surface area contributed by atoms with Crippen LogP contribution in [0.15, 0.2) is 18.3 Å². The van der Waals surface area contributed by atoms with Gasteiger partial charge in [0.2, 0.25) is 11.8 Å². The van der Waals surface area contributed by atoms with Crippen molar-refractivity contribution < 1.29 is 9.53 Å². The van der Waals surface area contributed by atoms with Gasteiger partial charge in [0, 0.05) is 19.2 Å². The first kappa shape index (κ1) is 20.0. The molecule has 1 heterocycles. The molecule has 126 valence electrons. The number of carbonyl (C=O) groups is 1. The summed E-state index contributed by atoms with van der Waals surface area (Å²) in [5.74, 6) is 6.65. The minimum Gasteiger partial charge on any atom is -0.458 e. The number of amides is 1. The van der Waals surface area contributed by atoms with Crippen molar-refractivity contribution in [3.05, 3.63) is 23.4 Å². The molecule has 0 radical (unpaired) electrons. The molecular formula is C16H20Cl2N2O2S. The van der Waals surface area contributed by atoms with E-state index >= 15 is 0 Å². The van der Waals surface area contributed by atoms with Gasteiger partial charge in [-0.2, -0.15) is 0 Å². The first-order valence-corrected chi connectivity index (χ1v) is 9.06. The second-order valence-corrected chi connectivity index (χ2v) is 7.31. The number of hydrogen-bond acceptors (Lipinski definition) is 4. The summed E-state index contributed by atoms with van der Waals surface area (Å²) >= 11 is 13.4. The highest BCUT2D eigenvalue weighted by Gasteiger charge is 2.30. The summed E-state index contributed by atoms with van der Waals surface area (Å²) in [5.41, 5.74) is -0.610. The zero-order valence-corrected chi connectivity index (χ0v) is 15.9. The fourth-order valence-corrected chi connectivity index (χ4v) is 2.85. The van der Waals surface area contributed by atoms with Crippen molar-refractivity contribution >= 4 is 40.9 Å². The van der Waals surface area contributed by atoms with Crippen LogP contribution in [-0.4, -0.2) is 33.5 Å². The van der Waals surface area contributed by atoms with Gasteiger partial charge in [-0.3, -0.25) is 4.79 Å². The lowest BCUT2D eigenvalue weighted by atomic mass is 10.1. The van der Waals surface area contributed by atoms with Gasteiger partial charge in [0.1, 0.15) is 0 Å². The lowest BCUT2D eigenvalue weighted by Crippen LogP contribution is -2.41. The second kappa shape index (κ2) is 8.68. The van der Waals surface area contributed by atoms with E-state index in [0.717, 1.165) is 0 Å². The molecule has 0 aliphatic carbocycles. The van der Waals surface area contributed by atoms with Gasteiger partial charge in [0.15, 0.2) is 4.93 Å². The van der Waals surface area contributed by atoms with Gasteiger partial charge in [-0.15, -0.1) is 23.4 Å². The van der Waals surface area contributed by atoms with Crippen LogP contribution in [0.1, 0.15) is 27.2 Å². The molecule has 4 nitrogen and oxygen atoms in total. The summed E-state index contributed by atoms with van der Waals surface area (Å²) in [6.07, 6.45) is 3.81. The number of carbonyl (C=O) groups excluding carboxylic acids is 1. The largest absolute Gasteiger partial charge is 0.458 e. The highest BCUT2D eigenvalue weighted by molar-refractivity contribution is 7.99. The number of nitrogens with zero attached hydrogens (tertiary/aromatic N) is 1. The maximum atomic E-state index is 11.2. The van der Waals surface area contributed by atoms with E-state index in [2.05, 4.69) is 22.1 Å². The van der Waals surface area contributed by atoms with E-state index in [0.29, 0.717) is 17.3 Å². The average molecular weight is 375 g/mol. The van der Waals surface area contributed by atoms with Crippen molar-refractivity contribution in [2.24, 2.45) is 0 Å². The molecule has 1 atom stereocenters. The van der Waals surface area contributed by atoms with Crippen LogP contribution in [0.2, 0.25) is 5.02 Å². The van der Waals surface area contributed by atoms with Gasteiger partial charge in [0.05, 0.1) is 22.9 Å². The third-order valence-corrected chi connectivity index (χ3v) is 4.74. The third kappa shape index (κ3) is 6.90. The second-order valence-electron chi connectivity index (χ2n) is 5.45. The molecule has 0 fully saturated rings. The summed E-state index contributed by atoms with van der Waals surface area (Å²) in [6, 6.07) is 3.39. The fraction of sp³-hybridized carbons (Fsp3) is 0.500. The summed E-state index contributed by atoms with van der Waals surface area (Å²) in [6.45, 7) is 5.14. The number of hydrogen-bond donors (Lipinski definition) is 1. The van der Waals surface area contributed by atoms with E-state index in [1.54, 1.807) is 12.1 Å². The summed E-state index contributed by atoms with van der Waals surface area (Å²) in [5, 5.41) is 3.31. The monoisotopic (exact) mass is 374 g/mol. The molecule has 0 bridgehead atoms. The third-order valence-electron chi connectivity index (χ3n) is 2.81. The predicted octanol–water partition coefficient (Wildman–Crippen LogP) is 3.72. The van der Waals surface area contributed by atoms with E-state index in [1.807, 2.05) is 20.1 Å². The van der Waals surface area contributed by atoms with E-state index < -0.39 is 10.5 Å². The Hall–Kier alpha value is -1.09. The quantitative estimate of drug-likeness (QED) is 0.468. The van der Waals surface area contributed by atoms with Crippen LogP contribution in [0, 0.1) is 11.8 Å². The van der Waals surface area contributed by atoms with Crippen LogP contribution >= 0.6 is 35.0 Å². The summed E-state index contributed by atoms with van der Waals surface area (Å²) in [4.78, 5) is 14.6. The molecule has 1 N–H and O–H groups in total. The van der Waals surface area contributed by atoms with Crippen molar-refractivity contribution in [3.63, 3.8) is 0 Å². The van der Waals surface area contributed by atoms with Crippen molar-refractivity contribution in [2.45, 2.75) is 37.7 Å². The van der Waals surface area contributed by atoms with Gasteiger partial charge >= 0.3 is 0 Å². The first-order valence-electron chi connectivity index (χ1n) is 6.92. The zero-order chi connectivity index (χ0) is 17.5. The number of nitrogens with one attached hydrogen (secondary N) is 1. The van der Waals surface area contributed by atoms with Crippen LogP contribution in [0.4, 0.5) is 0 Å². The van der Waals surface area contributed by atoms with Gasteiger partial charge in [0.25, 0.3) is 0 Å². The Balaban J connectivity index is 2.85. The molecule has 1 aromatic rings. The molecule has 1 aromatic heterocycles. The number of alkyl halides is 1. The van der Waals surface area contributed by atoms with Crippen LogP contribution in [0.3, 0.4) is 0 Å². The maximum Gasteiger partial charge on any atom is 0.218 e. The predicted molar refractivity (Wildman–Crippen MR) is 97.1 cm³/mol. The van der Waals surface area contributed by atoms with E-state index in [-0.39, 0.29) is 11.8 Å². The average Bonchev–Trinajstić information content (AvgIpc) is 2.47. The molecular weight excluding hydrogens is 355 g/mol. The normalized spacial score (nSPS) is 13.5. The number of rotatable bonds is 6. The number of thioether (sulfide) groups is 1. The molecule has 0 aromatic carbocycles. The van der Waals surface area contributed by atoms with E-state index in [9.17, 15) is 4.79 Å². The fourth-order valence-electron chi connectivity index (χ4n) is 1.76. The summed E-state index contributed by atoms with van der Waals surface area (Å²) < 4.78 is 5.92. The minimum atomic E-state index is -0.721. The Kier molecular flexibility index (Phi) is 7.53. The molecule has 1 unspecified atom stereocenters. The molecule has 0 aliphatic heterocycles. The van der Waals surface area contributed by atoms with Crippen LogP contribution < -0.4 is 10.1 Å². The zero-order valence-electron chi connectivity index (χ0n) is 13.6. The highest BCUT2D eigenvalue weighted by Crippen LogP contribution is 2.31. The Morgan fingerprint density at radius 2 is 2.17 bits per heavy atom. The van der Waals surface area contributed by atoms with Gasteiger partial charge in [-0.1, -0.05) is 23.4 Å². The lowest BCUT2D eigenvalue weighted by Gasteiger charge is -2.28. The van der Waals surface area contributed by atoms with Crippen molar-refractivity contribution in [3.8, 4) is 17.7 Å². The molecule has 23 heavy (non-hydrogen) atoms. The van der Waals surface area contributed by atoms with Crippen LogP contribution in [0.5, 0.6) is 5.88 Å². The SMILES string of the molecule is CSC(CCl)(CC#CC(C)(C)NC(C)=O)Oc1ccc(Cl)cn1. The van der Waals surface area contributed by atoms with Crippen molar-refractivity contribution in [1.82, 2.24) is 10.3 Å². The molecule has 0 saturated carbocycles. The van der Waals surface area contributed by atoms with E-state index in [4.69, 9.17) is 27.9 Å². The molecule has 1 rings (SSSR count). The van der Waals surface area contributed by atoms with Gasteiger partial charge in [-0.05, 0) is 26.2 Å². The van der Waals surface area contributed by atoms with Gasteiger partial charge < -0.3 is 10.1 Å². The smallest absolute Gasteiger partial charge is 0.218 e. The number of halogens is 2. The van der Waals surface area contributed by atoms with Crippen LogP contribution in [-0.2, 0) is 4.79 Å². The number of pyridine rings is 1. The maximum absolute atomic E-state index is 11.2. The first-order chi connectivity index (χ1) is 10.7. The molecule has 7 heteroatoms. The topological polar surface area (TPSA) is 51.2 Å². The number of aromatic nitrogens is 1. The Bertz CT molecular complexity index is 590. The van der Waals surface area contributed by atoms with Gasteiger partial charge in [-0.25, -0.2) is 4.98 Å². The molecule has 0 saturated heterocycles. The molecule has 0 spiro atoms. The van der Waals surface area contributed by atoms with Crippen LogP contribution in [0.25, 0.3) is 0 Å². The van der Waals surface area contributed by atoms with Crippen molar-refractivity contribution in [1.29, 1.82) is 0 Å². The summed E-state index contributed by atoms with van der Waals surface area (Å²) in [7, 11) is 0. The standard InChI is InChI=1S/C16H20Cl2N2O2S/c1-12(21)20-15(2,3)8-5-9-16(11-17,23-4)22-14-7-6-13(18)10-19-14/h6-7,10H,9,11H2,1-4H3,(H,20,21). The lowest BCUT2D eigenvalue weighted by molar-refractivity contribution is -0.119. The minimum absolute atomic E-state index is 0.126. The Morgan fingerprint density at radius 1 is 1.48 bits per heavy atom. The number of ether oxygens (including phenoxy) is 1. The molecule has 0 aliphatic rings. The van der Waals surface area contributed by atoms with E-state index in [1.165, 1.54) is 24.9 Å².